The molecule has 6 nitrogen and oxygen atoms in total. The molecule has 1 rings (SSSR count). The van der Waals surface area contributed by atoms with Crippen LogP contribution >= 0.6 is 0 Å². The lowest BCUT2D eigenvalue weighted by atomic mass is 10.1. The molecule has 0 heterocycles. The smallest absolute Gasteiger partial charge is 0.311 e. The molecule has 0 saturated carbocycles. The zero-order chi connectivity index (χ0) is 19.0. The zero-order valence-corrected chi connectivity index (χ0v) is 16.5. The number of hydrogen-bond donors (Lipinski definition) is 0. The summed E-state index contributed by atoms with van der Waals surface area (Å²) < 4.78 is 33.7. The van der Waals surface area contributed by atoms with E-state index < -0.39 is 15.4 Å². The number of carbonyl (C=O) groups excluding carboxylic acids is 1. The Morgan fingerprint density at radius 3 is 2.20 bits per heavy atom. The third-order valence-corrected chi connectivity index (χ3v) is 5.17. The average molecular weight is 371 g/mol. The van der Waals surface area contributed by atoms with Gasteiger partial charge >= 0.3 is 10.1 Å². The molecule has 142 valence electrons. The zero-order valence-electron chi connectivity index (χ0n) is 15.7. The van der Waals surface area contributed by atoms with Gasteiger partial charge < -0.3 is 13.8 Å². The fourth-order valence-electron chi connectivity index (χ4n) is 2.07. The summed E-state index contributed by atoms with van der Waals surface area (Å²) in [5, 5.41) is -0.606. The highest BCUT2D eigenvalue weighted by atomic mass is 32.2. The monoisotopic (exact) mass is 371 g/mol. The van der Waals surface area contributed by atoms with Gasteiger partial charge in [-0.2, -0.15) is 8.42 Å². The molecule has 0 radical (unpaired) electrons. The molecule has 0 spiro atoms. The predicted octanol–water partition coefficient (Wildman–Crippen LogP) is 2.82. The van der Waals surface area contributed by atoms with Crippen LogP contribution in [-0.2, 0) is 26.2 Å². The van der Waals surface area contributed by atoms with E-state index in [0.29, 0.717) is 26.1 Å². The molecular formula is C18H29NO5S. The number of ether oxygens (including phenoxy) is 1. The Kier molecular flexibility index (Phi) is 8.38. The summed E-state index contributed by atoms with van der Waals surface area (Å²) in [6.07, 6.45) is 0.484. The van der Waals surface area contributed by atoms with E-state index >= 15 is 0 Å². The minimum Gasteiger partial charge on any atom is -0.383 e. The van der Waals surface area contributed by atoms with E-state index in [-0.39, 0.29) is 17.6 Å². The third kappa shape index (κ3) is 7.44. The van der Waals surface area contributed by atoms with Crippen LogP contribution in [0.5, 0.6) is 5.75 Å². The first kappa shape index (κ1) is 21.4. The lowest BCUT2D eigenvalue weighted by Gasteiger charge is -2.23. The second-order valence-electron chi connectivity index (χ2n) is 6.67. The maximum absolute atomic E-state index is 12.4. The molecule has 1 aromatic carbocycles. The van der Waals surface area contributed by atoms with Gasteiger partial charge in [0.1, 0.15) is 5.75 Å². The van der Waals surface area contributed by atoms with Crippen LogP contribution in [0.15, 0.2) is 24.3 Å². The molecule has 0 aromatic heterocycles. The molecule has 0 unspecified atom stereocenters. The summed E-state index contributed by atoms with van der Waals surface area (Å²) in [5.74, 6) is 0.638. The van der Waals surface area contributed by atoms with Crippen LogP contribution in [0, 0.1) is 5.92 Å². The fourth-order valence-corrected chi connectivity index (χ4v) is 2.64. The van der Waals surface area contributed by atoms with Crippen LogP contribution in [-0.4, -0.2) is 44.7 Å². The summed E-state index contributed by atoms with van der Waals surface area (Å²) in [6.45, 7) is 8.59. The van der Waals surface area contributed by atoms with Gasteiger partial charge in [-0.3, -0.25) is 4.79 Å². The Balaban J connectivity index is 2.79. The van der Waals surface area contributed by atoms with Gasteiger partial charge in [0.15, 0.2) is 0 Å². The first-order valence-corrected chi connectivity index (χ1v) is 9.91. The minimum atomic E-state index is -3.61. The maximum atomic E-state index is 12.4. The van der Waals surface area contributed by atoms with Gasteiger partial charge in [0.2, 0.25) is 5.91 Å². The summed E-state index contributed by atoms with van der Waals surface area (Å²) in [6, 6.07) is 6.76. The van der Waals surface area contributed by atoms with Crippen LogP contribution in [0.4, 0.5) is 0 Å². The van der Waals surface area contributed by atoms with E-state index in [2.05, 4.69) is 0 Å². The van der Waals surface area contributed by atoms with Crippen molar-refractivity contribution in [1.29, 1.82) is 0 Å². The average Bonchev–Trinajstić information content (AvgIpc) is 2.51. The van der Waals surface area contributed by atoms with Crippen LogP contribution in [0.2, 0.25) is 0 Å². The number of rotatable bonds is 10. The van der Waals surface area contributed by atoms with Crippen LogP contribution in [0.1, 0.15) is 39.7 Å². The van der Waals surface area contributed by atoms with Crippen molar-refractivity contribution >= 4 is 16.0 Å². The van der Waals surface area contributed by atoms with Crippen molar-refractivity contribution in [1.82, 2.24) is 4.90 Å². The number of methoxy groups -OCH3 is 1. The SMILES string of the molecule is COCCN(Cc1ccc(OS(=O)(=O)C(C)C)cc1)C(=O)CC(C)C. The summed E-state index contributed by atoms with van der Waals surface area (Å²) in [4.78, 5) is 14.1. The number of carbonyl (C=O) groups is 1. The number of benzene rings is 1. The van der Waals surface area contributed by atoms with Crippen LogP contribution in [0.25, 0.3) is 0 Å². The largest absolute Gasteiger partial charge is 0.383 e. The Bertz CT molecular complexity index is 638. The number of hydrogen-bond acceptors (Lipinski definition) is 5. The van der Waals surface area contributed by atoms with Gasteiger partial charge in [-0.15, -0.1) is 0 Å². The van der Waals surface area contributed by atoms with E-state index in [1.54, 1.807) is 50.1 Å². The molecule has 0 atom stereocenters. The molecular weight excluding hydrogens is 342 g/mol. The summed E-state index contributed by atoms with van der Waals surface area (Å²) in [7, 11) is -2.00. The van der Waals surface area contributed by atoms with Crippen molar-refractivity contribution < 1.29 is 22.1 Å². The highest BCUT2D eigenvalue weighted by Gasteiger charge is 2.18. The van der Waals surface area contributed by atoms with E-state index in [1.165, 1.54) is 0 Å². The lowest BCUT2D eigenvalue weighted by molar-refractivity contribution is -0.133. The molecule has 0 N–H and O–H groups in total. The van der Waals surface area contributed by atoms with Crippen molar-refractivity contribution in [2.24, 2.45) is 5.92 Å². The van der Waals surface area contributed by atoms with Gasteiger partial charge in [0, 0.05) is 26.6 Å². The van der Waals surface area contributed by atoms with Gasteiger partial charge in [0.25, 0.3) is 0 Å². The molecule has 7 heteroatoms. The second kappa shape index (κ2) is 9.77. The summed E-state index contributed by atoms with van der Waals surface area (Å²) in [5.41, 5.74) is 0.905. The Labute approximate surface area is 151 Å². The maximum Gasteiger partial charge on any atom is 0.311 e. The molecule has 1 amide bonds. The third-order valence-electron chi connectivity index (χ3n) is 3.59. The van der Waals surface area contributed by atoms with Gasteiger partial charge in [-0.05, 0) is 37.5 Å². The standard InChI is InChI=1S/C18H29NO5S/c1-14(2)12-18(20)19(10-11-23-5)13-16-6-8-17(9-7-16)24-25(21,22)15(3)4/h6-9,14-15H,10-13H2,1-5H3. The molecule has 0 aliphatic heterocycles. The van der Waals surface area contributed by atoms with Crippen molar-refractivity contribution in [3.8, 4) is 5.75 Å². The highest BCUT2D eigenvalue weighted by Crippen LogP contribution is 2.18. The second-order valence-corrected chi connectivity index (χ2v) is 8.77. The topological polar surface area (TPSA) is 72.9 Å². The number of nitrogens with zero attached hydrogens (tertiary/aromatic N) is 1. The minimum absolute atomic E-state index is 0.0785. The normalized spacial score (nSPS) is 11.8. The van der Waals surface area contributed by atoms with Crippen molar-refractivity contribution in [2.75, 3.05) is 20.3 Å². The molecule has 0 aliphatic rings. The van der Waals surface area contributed by atoms with Gasteiger partial charge in [-0.1, -0.05) is 26.0 Å². The van der Waals surface area contributed by atoms with Crippen molar-refractivity contribution in [3.63, 3.8) is 0 Å². The molecule has 0 bridgehead atoms. The highest BCUT2D eigenvalue weighted by molar-refractivity contribution is 7.87. The van der Waals surface area contributed by atoms with Crippen molar-refractivity contribution in [3.05, 3.63) is 29.8 Å². The first-order chi connectivity index (χ1) is 11.7. The molecule has 25 heavy (non-hydrogen) atoms. The van der Waals surface area contributed by atoms with Crippen LogP contribution < -0.4 is 4.18 Å². The van der Waals surface area contributed by atoms with Gasteiger partial charge in [-0.25, -0.2) is 0 Å². The van der Waals surface area contributed by atoms with E-state index in [0.717, 1.165) is 5.56 Å². The quantitative estimate of drug-likeness (QED) is 0.591. The van der Waals surface area contributed by atoms with E-state index in [1.807, 2.05) is 13.8 Å². The van der Waals surface area contributed by atoms with Crippen LogP contribution in [0.3, 0.4) is 0 Å². The van der Waals surface area contributed by atoms with E-state index in [9.17, 15) is 13.2 Å². The van der Waals surface area contributed by atoms with E-state index in [4.69, 9.17) is 8.92 Å². The van der Waals surface area contributed by atoms with Gasteiger partial charge in [0.05, 0.1) is 11.9 Å². The molecule has 0 saturated heterocycles. The predicted molar refractivity (Wildman–Crippen MR) is 97.9 cm³/mol. The Morgan fingerprint density at radius 2 is 1.72 bits per heavy atom. The van der Waals surface area contributed by atoms with Crippen molar-refractivity contribution in [2.45, 2.75) is 45.9 Å². The number of amides is 1. The molecule has 0 fully saturated rings. The Hall–Kier alpha value is -1.60. The molecule has 1 aromatic rings. The molecule has 0 aliphatic carbocycles. The first-order valence-electron chi connectivity index (χ1n) is 8.44. The summed E-state index contributed by atoms with van der Waals surface area (Å²) >= 11 is 0. The fraction of sp³-hybridized carbons (Fsp3) is 0.611. The lowest BCUT2D eigenvalue weighted by Crippen LogP contribution is -2.34. The Morgan fingerprint density at radius 1 is 1.12 bits per heavy atom.